The molecular weight excluding hydrogens is 304 g/mol. The largest absolute Gasteiger partial charge is 0.492 e. The number of fused-ring (bicyclic) bond motifs is 1. The van der Waals surface area contributed by atoms with E-state index in [4.69, 9.17) is 9.47 Å². The van der Waals surface area contributed by atoms with Crippen molar-refractivity contribution < 1.29 is 14.3 Å². The maximum atomic E-state index is 12.2. The molecule has 5 heteroatoms. The molecule has 1 amide bonds. The monoisotopic (exact) mass is 324 g/mol. The predicted molar refractivity (Wildman–Crippen MR) is 93.3 cm³/mol. The Labute approximate surface area is 141 Å². The van der Waals surface area contributed by atoms with Gasteiger partial charge in [0.25, 0.3) is 0 Å². The molecule has 0 spiro atoms. The Bertz CT molecular complexity index is 757. The molecule has 1 unspecified atom stereocenters. The SMILES string of the molecule is CCOc1cc2c(cc1NC(=O)C=Cc1cccnc1)OC(C)C2. The number of benzene rings is 1. The average molecular weight is 324 g/mol. The summed E-state index contributed by atoms with van der Waals surface area (Å²) in [4.78, 5) is 16.2. The van der Waals surface area contributed by atoms with E-state index in [1.165, 1.54) is 6.08 Å². The number of rotatable bonds is 5. The third-order valence-electron chi connectivity index (χ3n) is 3.67. The Balaban J connectivity index is 1.77. The van der Waals surface area contributed by atoms with Crippen LogP contribution in [0, 0.1) is 0 Å². The zero-order chi connectivity index (χ0) is 16.9. The van der Waals surface area contributed by atoms with Crippen molar-refractivity contribution in [2.24, 2.45) is 0 Å². The van der Waals surface area contributed by atoms with Crippen LogP contribution in [-0.4, -0.2) is 23.6 Å². The van der Waals surface area contributed by atoms with E-state index in [1.807, 2.05) is 38.1 Å². The molecule has 24 heavy (non-hydrogen) atoms. The molecule has 1 atom stereocenters. The van der Waals surface area contributed by atoms with Crippen LogP contribution in [0.3, 0.4) is 0 Å². The maximum absolute atomic E-state index is 12.2. The van der Waals surface area contributed by atoms with Crippen molar-refractivity contribution in [3.8, 4) is 11.5 Å². The van der Waals surface area contributed by atoms with Crippen LogP contribution in [0.5, 0.6) is 11.5 Å². The van der Waals surface area contributed by atoms with Crippen molar-refractivity contribution in [1.29, 1.82) is 0 Å². The number of nitrogens with one attached hydrogen (secondary N) is 1. The fourth-order valence-corrected chi connectivity index (χ4v) is 2.63. The van der Waals surface area contributed by atoms with E-state index in [2.05, 4.69) is 10.3 Å². The minimum atomic E-state index is -0.231. The summed E-state index contributed by atoms with van der Waals surface area (Å²) in [5.74, 6) is 1.24. The van der Waals surface area contributed by atoms with Crippen molar-refractivity contribution >= 4 is 17.7 Å². The number of pyridine rings is 1. The zero-order valence-corrected chi connectivity index (χ0v) is 13.8. The molecule has 1 aromatic heterocycles. The van der Waals surface area contributed by atoms with Gasteiger partial charge in [-0.3, -0.25) is 9.78 Å². The standard InChI is InChI=1S/C19H20N2O3/c1-3-23-18-10-15-9-13(2)24-17(15)11-16(18)21-19(22)7-6-14-5-4-8-20-12-14/h4-8,10-13H,3,9H2,1-2H3,(H,21,22). The fourth-order valence-electron chi connectivity index (χ4n) is 2.63. The molecule has 0 radical (unpaired) electrons. The first-order valence-corrected chi connectivity index (χ1v) is 8.01. The van der Waals surface area contributed by atoms with Gasteiger partial charge in [-0.05, 0) is 37.6 Å². The lowest BCUT2D eigenvalue weighted by molar-refractivity contribution is -0.111. The Morgan fingerprint density at radius 3 is 3.12 bits per heavy atom. The molecule has 0 saturated carbocycles. The van der Waals surface area contributed by atoms with Gasteiger partial charge in [-0.2, -0.15) is 0 Å². The van der Waals surface area contributed by atoms with Crippen LogP contribution in [0.15, 0.2) is 42.7 Å². The summed E-state index contributed by atoms with van der Waals surface area (Å²) in [7, 11) is 0. The molecule has 1 aliphatic heterocycles. The van der Waals surface area contributed by atoms with Gasteiger partial charge in [0, 0.05) is 36.5 Å². The van der Waals surface area contributed by atoms with E-state index in [9.17, 15) is 4.79 Å². The van der Waals surface area contributed by atoms with E-state index in [0.717, 1.165) is 23.3 Å². The molecule has 0 saturated heterocycles. The van der Waals surface area contributed by atoms with Crippen LogP contribution < -0.4 is 14.8 Å². The number of hydrogen-bond donors (Lipinski definition) is 1. The summed E-state index contributed by atoms with van der Waals surface area (Å²) in [6.07, 6.45) is 7.57. The first-order valence-electron chi connectivity index (χ1n) is 8.01. The Hall–Kier alpha value is -2.82. The van der Waals surface area contributed by atoms with Gasteiger partial charge in [0.15, 0.2) is 0 Å². The molecule has 124 valence electrons. The van der Waals surface area contributed by atoms with Crippen LogP contribution in [0.4, 0.5) is 5.69 Å². The molecule has 2 heterocycles. The average Bonchev–Trinajstić information content (AvgIpc) is 2.93. The zero-order valence-electron chi connectivity index (χ0n) is 13.8. The Morgan fingerprint density at radius 1 is 1.50 bits per heavy atom. The molecular formula is C19H20N2O3. The van der Waals surface area contributed by atoms with Crippen molar-refractivity contribution in [2.75, 3.05) is 11.9 Å². The highest BCUT2D eigenvalue weighted by Crippen LogP contribution is 2.38. The number of nitrogens with zero attached hydrogens (tertiary/aromatic N) is 1. The van der Waals surface area contributed by atoms with Crippen LogP contribution in [0.25, 0.3) is 6.08 Å². The van der Waals surface area contributed by atoms with Gasteiger partial charge in [0.2, 0.25) is 5.91 Å². The topological polar surface area (TPSA) is 60.5 Å². The second-order valence-electron chi connectivity index (χ2n) is 5.63. The van der Waals surface area contributed by atoms with Gasteiger partial charge in [-0.25, -0.2) is 0 Å². The number of carbonyl (C=O) groups excluding carboxylic acids is 1. The first kappa shape index (κ1) is 16.1. The second kappa shape index (κ2) is 7.17. The van der Waals surface area contributed by atoms with Crippen LogP contribution in [-0.2, 0) is 11.2 Å². The highest BCUT2D eigenvalue weighted by molar-refractivity contribution is 6.03. The summed E-state index contributed by atoms with van der Waals surface area (Å²) in [5, 5.41) is 2.86. The normalized spacial score (nSPS) is 15.8. The lowest BCUT2D eigenvalue weighted by atomic mass is 10.1. The van der Waals surface area contributed by atoms with Gasteiger partial charge in [0.1, 0.15) is 17.6 Å². The third-order valence-corrected chi connectivity index (χ3v) is 3.67. The molecule has 1 aromatic carbocycles. The van der Waals surface area contributed by atoms with E-state index < -0.39 is 0 Å². The summed E-state index contributed by atoms with van der Waals surface area (Å²) in [6, 6.07) is 7.49. The Kier molecular flexibility index (Phi) is 4.79. The van der Waals surface area contributed by atoms with Gasteiger partial charge in [-0.1, -0.05) is 6.07 Å². The lowest BCUT2D eigenvalue weighted by Gasteiger charge is -2.12. The molecule has 2 aromatic rings. The van der Waals surface area contributed by atoms with Crippen LogP contribution >= 0.6 is 0 Å². The minimum Gasteiger partial charge on any atom is -0.492 e. The van der Waals surface area contributed by atoms with E-state index >= 15 is 0 Å². The van der Waals surface area contributed by atoms with Gasteiger partial charge in [0.05, 0.1) is 12.3 Å². The van der Waals surface area contributed by atoms with E-state index in [1.54, 1.807) is 18.5 Å². The van der Waals surface area contributed by atoms with Crippen LogP contribution in [0.1, 0.15) is 25.0 Å². The second-order valence-corrected chi connectivity index (χ2v) is 5.63. The first-order chi connectivity index (χ1) is 11.7. The maximum Gasteiger partial charge on any atom is 0.248 e. The molecule has 0 bridgehead atoms. The van der Waals surface area contributed by atoms with Gasteiger partial charge in [-0.15, -0.1) is 0 Å². The number of anilines is 1. The smallest absolute Gasteiger partial charge is 0.248 e. The van der Waals surface area contributed by atoms with Crippen molar-refractivity contribution in [3.63, 3.8) is 0 Å². The highest BCUT2D eigenvalue weighted by Gasteiger charge is 2.22. The molecule has 5 nitrogen and oxygen atoms in total. The Morgan fingerprint density at radius 2 is 2.38 bits per heavy atom. The van der Waals surface area contributed by atoms with Crippen LogP contribution in [0.2, 0.25) is 0 Å². The van der Waals surface area contributed by atoms with Gasteiger partial charge < -0.3 is 14.8 Å². The number of amides is 1. The summed E-state index contributed by atoms with van der Waals surface area (Å²) < 4.78 is 11.4. The predicted octanol–water partition coefficient (Wildman–Crippen LogP) is 3.46. The summed E-state index contributed by atoms with van der Waals surface area (Å²) in [5.41, 5.74) is 2.59. The molecule has 0 fully saturated rings. The number of hydrogen-bond acceptors (Lipinski definition) is 4. The quantitative estimate of drug-likeness (QED) is 0.856. The van der Waals surface area contributed by atoms with E-state index in [0.29, 0.717) is 18.0 Å². The fraction of sp³-hybridized carbons (Fsp3) is 0.263. The third kappa shape index (κ3) is 3.74. The molecule has 0 aliphatic carbocycles. The lowest BCUT2D eigenvalue weighted by Crippen LogP contribution is -2.10. The highest BCUT2D eigenvalue weighted by atomic mass is 16.5. The molecule has 1 aliphatic rings. The minimum absolute atomic E-state index is 0.144. The molecule has 1 N–H and O–H groups in total. The summed E-state index contributed by atoms with van der Waals surface area (Å²) in [6.45, 7) is 4.47. The summed E-state index contributed by atoms with van der Waals surface area (Å²) >= 11 is 0. The number of carbonyl (C=O) groups is 1. The van der Waals surface area contributed by atoms with Crippen molar-refractivity contribution in [2.45, 2.75) is 26.4 Å². The number of ether oxygens (including phenoxy) is 2. The molecule has 3 rings (SSSR count). The van der Waals surface area contributed by atoms with E-state index in [-0.39, 0.29) is 12.0 Å². The number of aromatic nitrogens is 1. The van der Waals surface area contributed by atoms with Gasteiger partial charge >= 0.3 is 0 Å². The van der Waals surface area contributed by atoms with Crippen molar-refractivity contribution in [3.05, 3.63) is 53.9 Å². The van der Waals surface area contributed by atoms with Crippen molar-refractivity contribution in [1.82, 2.24) is 4.98 Å².